The van der Waals surface area contributed by atoms with Crippen LogP contribution in [0.5, 0.6) is 0 Å². The third-order valence-corrected chi connectivity index (χ3v) is 2.68. The lowest BCUT2D eigenvalue weighted by Crippen LogP contribution is -2.47. The van der Waals surface area contributed by atoms with Gasteiger partial charge < -0.3 is 19.9 Å². The van der Waals surface area contributed by atoms with Gasteiger partial charge in [0.25, 0.3) is 5.91 Å². The summed E-state index contributed by atoms with van der Waals surface area (Å²) in [5.41, 5.74) is 0.221. The molecule has 0 bridgehead atoms. The molecule has 2 heterocycles. The van der Waals surface area contributed by atoms with Crippen molar-refractivity contribution in [2.45, 2.75) is 25.5 Å². The van der Waals surface area contributed by atoms with E-state index in [0.717, 1.165) is 0 Å². The minimum atomic E-state index is -0.303. The first-order valence-electron chi connectivity index (χ1n) is 5.71. The molecule has 2 N–H and O–H groups in total. The summed E-state index contributed by atoms with van der Waals surface area (Å²) in [5, 5.41) is 9.15. The van der Waals surface area contributed by atoms with Crippen LogP contribution in [0.2, 0.25) is 0 Å². The molecule has 2 rings (SSSR count). The Hall–Kier alpha value is -1.89. The largest absolute Gasteiger partial charge is 0.377 e. The number of aromatic nitrogens is 1. The average molecular weight is 253 g/mol. The highest BCUT2D eigenvalue weighted by atomic mass is 16.5. The number of nitrogens with zero attached hydrogens (tertiary/aromatic N) is 1. The molecule has 1 fully saturated rings. The minimum absolute atomic E-state index is 0.0179. The monoisotopic (exact) mass is 253 g/mol. The quantitative estimate of drug-likeness (QED) is 0.777. The highest BCUT2D eigenvalue weighted by Crippen LogP contribution is 2.07. The van der Waals surface area contributed by atoms with Crippen molar-refractivity contribution >= 4 is 11.8 Å². The zero-order chi connectivity index (χ0) is 13.0. The first-order chi connectivity index (χ1) is 8.69. The fourth-order valence-electron chi connectivity index (χ4n) is 1.75. The van der Waals surface area contributed by atoms with Gasteiger partial charge in [-0.1, -0.05) is 5.16 Å². The summed E-state index contributed by atoms with van der Waals surface area (Å²) in [6, 6.07) is 1.48. The van der Waals surface area contributed by atoms with Gasteiger partial charge in [0, 0.05) is 32.2 Å². The van der Waals surface area contributed by atoms with E-state index in [-0.39, 0.29) is 30.2 Å². The number of ether oxygens (including phenoxy) is 1. The molecule has 0 spiro atoms. The maximum Gasteiger partial charge on any atom is 0.273 e. The SMILES string of the molecule is COCc1cc(C(=O)NC2CCC(=O)NC2)no1. The summed E-state index contributed by atoms with van der Waals surface area (Å²) in [7, 11) is 1.53. The normalized spacial score (nSPS) is 19.4. The molecule has 1 unspecified atom stereocenters. The molecule has 1 atom stereocenters. The maximum absolute atomic E-state index is 11.8. The molecule has 98 valence electrons. The molecule has 1 saturated heterocycles. The molecule has 18 heavy (non-hydrogen) atoms. The van der Waals surface area contributed by atoms with Crippen LogP contribution in [-0.2, 0) is 16.1 Å². The van der Waals surface area contributed by atoms with Crippen molar-refractivity contribution in [1.82, 2.24) is 15.8 Å². The summed E-state index contributed by atoms with van der Waals surface area (Å²) in [6.45, 7) is 0.729. The standard InChI is InChI=1S/C11H15N3O4/c1-17-6-8-4-9(14-18-8)11(16)13-7-2-3-10(15)12-5-7/h4,7H,2-3,5-6H2,1H3,(H,12,15)(H,13,16). The van der Waals surface area contributed by atoms with Gasteiger partial charge in [-0.3, -0.25) is 9.59 Å². The van der Waals surface area contributed by atoms with Crippen LogP contribution in [0.4, 0.5) is 0 Å². The topological polar surface area (TPSA) is 93.5 Å². The summed E-state index contributed by atoms with van der Waals surface area (Å²) in [4.78, 5) is 22.8. The van der Waals surface area contributed by atoms with E-state index in [4.69, 9.17) is 9.26 Å². The Bertz CT molecular complexity index is 433. The number of carbonyl (C=O) groups is 2. The molecular formula is C11H15N3O4. The van der Waals surface area contributed by atoms with Gasteiger partial charge in [-0.2, -0.15) is 0 Å². The molecule has 0 aromatic carbocycles. The Balaban J connectivity index is 1.88. The van der Waals surface area contributed by atoms with Gasteiger partial charge in [-0.25, -0.2) is 0 Å². The molecule has 2 amide bonds. The van der Waals surface area contributed by atoms with Crippen LogP contribution in [0.25, 0.3) is 0 Å². The fraction of sp³-hybridized carbons (Fsp3) is 0.545. The van der Waals surface area contributed by atoms with Crippen molar-refractivity contribution in [2.75, 3.05) is 13.7 Å². The van der Waals surface area contributed by atoms with Crippen molar-refractivity contribution < 1.29 is 18.8 Å². The van der Waals surface area contributed by atoms with Crippen LogP contribution in [0.1, 0.15) is 29.1 Å². The molecule has 0 saturated carbocycles. The van der Waals surface area contributed by atoms with Crippen molar-refractivity contribution in [2.24, 2.45) is 0 Å². The van der Waals surface area contributed by atoms with E-state index in [1.807, 2.05) is 0 Å². The molecule has 1 aromatic rings. The Morgan fingerprint density at radius 3 is 3.22 bits per heavy atom. The third-order valence-electron chi connectivity index (χ3n) is 2.68. The van der Waals surface area contributed by atoms with Crippen molar-refractivity contribution in [3.8, 4) is 0 Å². The zero-order valence-corrected chi connectivity index (χ0v) is 10.1. The van der Waals surface area contributed by atoms with Gasteiger partial charge in [0.2, 0.25) is 5.91 Å². The second-order valence-corrected chi connectivity index (χ2v) is 4.12. The van der Waals surface area contributed by atoms with E-state index in [9.17, 15) is 9.59 Å². The number of nitrogens with one attached hydrogen (secondary N) is 2. The number of piperidine rings is 1. The zero-order valence-electron chi connectivity index (χ0n) is 10.1. The van der Waals surface area contributed by atoms with Crippen molar-refractivity contribution in [1.29, 1.82) is 0 Å². The van der Waals surface area contributed by atoms with Crippen LogP contribution in [0.3, 0.4) is 0 Å². The lowest BCUT2D eigenvalue weighted by Gasteiger charge is -2.22. The maximum atomic E-state index is 11.8. The number of rotatable bonds is 4. The Labute approximate surface area is 104 Å². The smallest absolute Gasteiger partial charge is 0.273 e. The van der Waals surface area contributed by atoms with E-state index in [0.29, 0.717) is 25.1 Å². The summed E-state index contributed by atoms with van der Waals surface area (Å²) in [5.74, 6) is 0.214. The number of amides is 2. The lowest BCUT2D eigenvalue weighted by atomic mass is 10.1. The summed E-state index contributed by atoms with van der Waals surface area (Å²) in [6.07, 6.45) is 1.07. The third kappa shape index (κ3) is 3.07. The summed E-state index contributed by atoms with van der Waals surface area (Å²) < 4.78 is 9.80. The highest BCUT2D eigenvalue weighted by Gasteiger charge is 2.21. The van der Waals surface area contributed by atoms with Crippen LogP contribution < -0.4 is 10.6 Å². The Morgan fingerprint density at radius 2 is 2.56 bits per heavy atom. The van der Waals surface area contributed by atoms with Crippen LogP contribution >= 0.6 is 0 Å². The van der Waals surface area contributed by atoms with E-state index in [1.54, 1.807) is 6.07 Å². The van der Waals surface area contributed by atoms with Crippen LogP contribution in [0, 0.1) is 0 Å². The molecule has 7 nitrogen and oxygen atoms in total. The molecule has 1 aliphatic heterocycles. The van der Waals surface area contributed by atoms with E-state index in [2.05, 4.69) is 15.8 Å². The molecule has 1 aromatic heterocycles. The Kier molecular flexibility index (Phi) is 3.93. The highest BCUT2D eigenvalue weighted by molar-refractivity contribution is 5.92. The van der Waals surface area contributed by atoms with Gasteiger partial charge in [0.15, 0.2) is 11.5 Å². The van der Waals surface area contributed by atoms with Gasteiger partial charge >= 0.3 is 0 Å². The fourth-order valence-corrected chi connectivity index (χ4v) is 1.75. The van der Waals surface area contributed by atoms with E-state index >= 15 is 0 Å². The molecule has 7 heteroatoms. The molecule has 0 radical (unpaired) electrons. The van der Waals surface area contributed by atoms with Crippen molar-refractivity contribution in [3.63, 3.8) is 0 Å². The number of methoxy groups -OCH3 is 1. The molecule has 0 aliphatic carbocycles. The Morgan fingerprint density at radius 1 is 1.72 bits per heavy atom. The summed E-state index contributed by atoms with van der Waals surface area (Å²) >= 11 is 0. The van der Waals surface area contributed by atoms with E-state index < -0.39 is 0 Å². The first kappa shape index (κ1) is 12.6. The lowest BCUT2D eigenvalue weighted by molar-refractivity contribution is -0.122. The minimum Gasteiger partial charge on any atom is -0.377 e. The first-order valence-corrected chi connectivity index (χ1v) is 5.71. The number of carbonyl (C=O) groups excluding carboxylic acids is 2. The number of hydrogen-bond acceptors (Lipinski definition) is 5. The second kappa shape index (κ2) is 5.63. The molecular weight excluding hydrogens is 238 g/mol. The van der Waals surface area contributed by atoms with E-state index in [1.165, 1.54) is 7.11 Å². The molecule has 1 aliphatic rings. The van der Waals surface area contributed by atoms with Crippen LogP contribution in [-0.4, -0.2) is 36.7 Å². The van der Waals surface area contributed by atoms with Gasteiger partial charge in [-0.15, -0.1) is 0 Å². The van der Waals surface area contributed by atoms with Gasteiger partial charge in [0.05, 0.1) is 0 Å². The van der Waals surface area contributed by atoms with Gasteiger partial charge in [-0.05, 0) is 6.42 Å². The van der Waals surface area contributed by atoms with Gasteiger partial charge in [0.1, 0.15) is 6.61 Å². The predicted molar refractivity (Wildman–Crippen MR) is 60.7 cm³/mol. The second-order valence-electron chi connectivity index (χ2n) is 4.12. The van der Waals surface area contributed by atoms with Crippen LogP contribution in [0.15, 0.2) is 10.6 Å². The average Bonchev–Trinajstić information content (AvgIpc) is 2.81. The number of hydrogen-bond donors (Lipinski definition) is 2. The predicted octanol–water partition coefficient (Wildman–Crippen LogP) is -0.171. The van der Waals surface area contributed by atoms with Crippen molar-refractivity contribution in [3.05, 3.63) is 17.5 Å².